The lowest BCUT2D eigenvalue weighted by atomic mass is 10.1. The van der Waals surface area contributed by atoms with Gasteiger partial charge in [0.1, 0.15) is 6.10 Å². The van der Waals surface area contributed by atoms with Crippen molar-refractivity contribution in [3.05, 3.63) is 225 Å². The van der Waals surface area contributed by atoms with Gasteiger partial charge in [0.15, 0.2) is 29.4 Å². The van der Waals surface area contributed by atoms with Crippen molar-refractivity contribution in [3.8, 4) is 0 Å². The highest BCUT2D eigenvalue weighted by atomic mass is 16.5. The normalized spacial score (nSPS) is 10.2. The number of amides is 9. The Morgan fingerprint density at radius 1 is 0.376 bits per heavy atom. The number of ether oxygens (including phenoxy) is 2. The summed E-state index contributed by atoms with van der Waals surface area (Å²) in [7, 11) is 0. The van der Waals surface area contributed by atoms with E-state index in [9.17, 15) is 72.5 Å². The molecule has 0 aromatic heterocycles. The number of aliphatic hydroxyl groups is 3. The van der Waals surface area contributed by atoms with Gasteiger partial charge in [0, 0.05) is 89.5 Å². The zero-order valence-electron chi connectivity index (χ0n) is 57.9. The first-order valence-electron chi connectivity index (χ1n) is 31.3. The van der Waals surface area contributed by atoms with Crippen molar-refractivity contribution in [1.29, 1.82) is 0 Å². The summed E-state index contributed by atoms with van der Waals surface area (Å²) in [5.74, 6) is -2.75. The number of carbonyl (C=O) groups excluding carboxylic acids is 13. The number of hydrogen-bond acceptors (Lipinski definition) is 18. The lowest BCUT2D eigenvalue weighted by Gasteiger charge is -2.21. The molecule has 2 aromatic rings. The van der Waals surface area contributed by atoms with Crippen LogP contribution in [0.15, 0.2) is 225 Å². The standard InChI is InChI=1S/C15H13NO.C13H21NO4.C10H15NO2.C9H14N2O3.C9H14N2O2.C9H13NO4.C9H13NO2/c1-2-15(17)16(13-9-5-3-6-10-13)14-11-7-4-8-12-14;1-3-12(15)6-5-8-17-10-11-18-9-7-14-13(16)4-2;1-4-9(12)6-8(3)7-11-10(13)5-2;1-3-8(13)10-5-7(12)6-11-9(14)4-2;1-3-8(12)10-6-5-7-11-9(13)4-2;1-3-6(11)5-7(12)9(14)10-8(13)4-2;1-3-8(11)6-5-7-10-9(12)4-2/h2-12H,1H2;3-4H,1-2,5-11H2,(H,14,16);4-5,8H,1-2,6-7H2,3H3,(H,11,13);3-4,7,12H,1-2,5-6H2,(H,10,13)(H,11,14);3-4H,1-2,5-7H2,(H,10,12)(H,11,13);3-4,7,9,12,14H,1-2,5H2,(H,10,13);3-4H,1-2,5-7H2,(H,10,12). The zero-order valence-corrected chi connectivity index (χ0v) is 57.9. The number of anilines is 2. The van der Waals surface area contributed by atoms with E-state index >= 15 is 0 Å². The number of rotatable bonds is 45. The fourth-order valence-corrected chi connectivity index (χ4v) is 6.25. The first-order valence-corrected chi connectivity index (χ1v) is 31.3. The van der Waals surface area contributed by atoms with Gasteiger partial charge in [-0.15, -0.1) is 0 Å². The van der Waals surface area contributed by atoms with Crippen molar-refractivity contribution >= 4 is 87.7 Å². The number of aliphatic hydroxyl groups excluding tert-OH is 3. The van der Waals surface area contributed by atoms with E-state index < -0.39 is 30.1 Å². The van der Waals surface area contributed by atoms with Crippen LogP contribution in [0.25, 0.3) is 0 Å². The van der Waals surface area contributed by atoms with Crippen molar-refractivity contribution in [2.45, 2.75) is 70.3 Å². The van der Waals surface area contributed by atoms with E-state index in [1.807, 2.05) is 72.9 Å². The van der Waals surface area contributed by atoms with Gasteiger partial charge in [-0.1, -0.05) is 129 Å². The lowest BCUT2D eigenvalue weighted by Crippen LogP contribution is -2.43. The Bertz CT molecular complexity index is 2820. The van der Waals surface area contributed by atoms with Crippen molar-refractivity contribution < 1.29 is 87.1 Å². The van der Waals surface area contributed by atoms with Crippen LogP contribution in [0.2, 0.25) is 0 Å². The van der Waals surface area contributed by atoms with Crippen LogP contribution in [0.1, 0.15) is 51.9 Å². The van der Waals surface area contributed by atoms with Crippen molar-refractivity contribution in [3.63, 3.8) is 0 Å². The molecule has 552 valence electrons. The minimum Gasteiger partial charge on any atom is -0.389 e. The summed E-state index contributed by atoms with van der Waals surface area (Å²) in [4.78, 5) is 142. The Balaban J connectivity index is -0.000000357. The van der Waals surface area contributed by atoms with E-state index in [-0.39, 0.29) is 90.0 Å². The molecular weight excluding hydrogens is 1300 g/mol. The van der Waals surface area contributed by atoms with Crippen LogP contribution in [-0.4, -0.2) is 182 Å². The Morgan fingerprint density at radius 2 is 0.713 bits per heavy atom. The van der Waals surface area contributed by atoms with E-state index in [0.29, 0.717) is 97.7 Å². The number of ketones is 4. The van der Waals surface area contributed by atoms with Crippen LogP contribution in [0.5, 0.6) is 0 Å². The molecule has 0 heterocycles. The van der Waals surface area contributed by atoms with Gasteiger partial charge < -0.3 is 67.3 Å². The van der Waals surface area contributed by atoms with Crippen molar-refractivity contribution in [1.82, 2.24) is 42.5 Å². The summed E-state index contributed by atoms with van der Waals surface area (Å²) >= 11 is 0. The van der Waals surface area contributed by atoms with Gasteiger partial charge >= 0.3 is 0 Å². The highest BCUT2D eigenvalue weighted by Gasteiger charge is 2.19. The predicted octanol–water partition coefficient (Wildman–Crippen LogP) is 4.33. The van der Waals surface area contributed by atoms with Crippen LogP contribution in [0, 0.1) is 5.92 Å². The number of benzene rings is 2. The third-order valence-corrected chi connectivity index (χ3v) is 11.6. The van der Waals surface area contributed by atoms with E-state index in [1.165, 1.54) is 54.7 Å². The minimum atomic E-state index is -1.48. The Hall–Kier alpha value is -11.2. The van der Waals surface area contributed by atoms with Gasteiger partial charge in [-0.25, -0.2) is 0 Å². The van der Waals surface area contributed by atoms with Crippen LogP contribution < -0.4 is 47.4 Å². The smallest absolute Gasteiger partial charge is 0.254 e. The Kier molecular flexibility index (Phi) is 67.0. The lowest BCUT2D eigenvalue weighted by molar-refractivity contribution is -0.125. The van der Waals surface area contributed by atoms with Crippen LogP contribution in [0.4, 0.5) is 11.4 Å². The minimum absolute atomic E-state index is 0.000326. The van der Waals surface area contributed by atoms with Gasteiger partial charge in [-0.2, -0.15) is 0 Å². The molecule has 0 fully saturated rings. The number of nitrogens with zero attached hydrogens (tertiary/aromatic N) is 1. The molecule has 11 N–H and O–H groups in total. The highest BCUT2D eigenvalue weighted by molar-refractivity contribution is 6.06. The summed E-state index contributed by atoms with van der Waals surface area (Å²) in [5, 5.41) is 47.3. The van der Waals surface area contributed by atoms with Crippen LogP contribution in [-0.2, 0) is 71.8 Å². The van der Waals surface area contributed by atoms with Gasteiger partial charge in [-0.3, -0.25) is 67.2 Å². The molecular formula is C74H103N9O18. The van der Waals surface area contributed by atoms with Crippen LogP contribution >= 0.6 is 0 Å². The number of hydrogen-bond donors (Lipinski definition) is 11. The number of allylic oxidation sites excluding steroid dienone is 4. The topological polar surface area (TPSA) is 401 Å². The molecule has 3 unspecified atom stereocenters. The van der Waals surface area contributed by atoms with Gasteiger partial charge in [-0.05, 0) is 128 Å². The molecule has 2 rings (SSSR count). The number of nitrogens with one attached hydrogen (secondary N) is 8. The molecule has 0 aliphatic heterocycles. The summed E-state index contributed by atoms with van der Waals surface area (Å²) in [6.07, 6.45) is 14.9. The average Bonchev–Trinajstić information content (AvgIpc) is 0.838. The maximum absolute atomic E-state index is 11.9. The first kappa shape index (κ1) is 98.4. The zero-order chi connectivity index (χ0) is 77.6. The fourth-order valence-electron chi connectivity index (χ4n) is 6.25. The number of para-hydroxylation sites is 2. The molecule has 3 atom stereocenters. The largest absolute Gasteiger partial charge is 0.389 e. The van der Waals surface area contributed by atoms with E-state index in [1.54, 1.807) is 4.90 Å². The predicted molar refractivity (Wildman–Crippen MR) is 393 cm³/mol. The second-order valence-electron chi connectivity index (χ2n) is 19.7. The molecule has 0 radical (unpaired) electrons. The fraction of sp³-hybridized carbons (Fsp3) is 0.311. The maximum atomic E-state index is 11.9. The van der Waals surface area contributed by atoms with Crippen LogP contribution in [0.3, 0.4) is 0 Å². The molecule has 9 amide bonds. The second kappa shape index (κ2) is 68.7. The molecule has 101 heavy (non-hydrogen) atoms. The molecule has 0 saturated heterocycles. The summed E-state index contributed by atoms with van der Waals surface area (Å²) in [6.45, 7) is 49.6. The van der Waals surface area contributed by atoms with E-state index in [2.05, 4.69) is 123 Å². The SMILES string of the molecule is C=CC(=O)CC(C)CNC(=O)C=C.C=CC(=O)CC(O)C(O)NC(=O)C=C.C=CC(=O)CCCNC(=O)C=C.C=CC(=O)CCCOCCOCCNC(=O)C=C.C=CC(=O)N(c1ccccc1)c1ccccc1.C=CC(=O)NCC(O)CNC(=O)C=C.C=CC(=O)NCCCNC(=O)C=C. The van der Waals surface area contributed by atoms with Gasteiger partial charge in [0.2, 0.25) is 47.3 Å². The second-order valence-corrected chi connectivity index (χ2v) is 19.7. The molecule has 27 heteroatoms. The molecule has 0 spiro atoms. The van der Waals surface area contributed by atoms with E-state index in [4.69, 9.17) is 14.6 Å². The maximum Gasteiger partial charge on any atom is 0.254 e. The molecule has 0 aliphatic rings. The third kappa shape index (κ3) is 64.5. The average molecular weight is 1410 g/mol. The van der Waals surface area contributed by atoms with Gasteiger partial charge in [0.05, 0.1) is 25.9 Å². The summed E-state index contributed by atoms with van der Waals surface area (Å²) < 4.78 is 10.5. The Morgan fingerprint density at radius 3 is 1.09 bits per heavy atom. The molecule has 2 aromatic carbocycles. The molecule has 0 saturated carbocycles. The third-order valence-electron chi connectivity index (χ3n) is 11.6. The van der Waals surface area contributed by atoms with Crippen molar-refractivity contribution in [2.24, 2.45) is 5.92 Å². The summed E-state index contributed by atoms with van der Waals surface area (Å²) in [5.41, 5.74) is 1.67. The molecule has 0 aliphatic carbocycles. The van der Waals surface area contributed by atoms with Crippen molar-refractivity contribution in [2.75, 3.05) is 77.1 Å². The van der Waals surface area contributed by atoms with Gasteiger partial charge in [0.25, 0.3) is 5.91 Å². The van der Waals surface area contributed by atoms with E-state index in [0.717, 1.165) is 35.7 Å². The Labute approximate surface area is 593 Å². The monoisotopic (exact) mass is 1410 g/mol. The molecule has 0 bridgehead atoms. The number of carbonyl (C=O) groups is 13. The first-order chi connectivity index (χ1) is 48.1. The molecule has 27 nitrogen and oxygen atoms in total. The quantitative estimate of drug-likeness (QED) is 0.0250. The highest BCUT2D eigenvalue weighted by Crippen LogP contribution is 2.25. The summed E-state index contributed by atoms with van der Waals surface area (Å²) in [6, 6.07) is 19.0.